The lowest BCUT2D eigenvalue weighted by atomic mass is 10.3. The second-order valence-corrected chi connectivity index (χ2v) is 5.04. The minimum Gasteiger partial charge on any atom is -0.267 e. The van der Waals surface area contributed by atoms with Crippen molar-refractivity contribution in [1.82, 2.24) is 19.3 Å². The Labute approximate surface area is 120 Å². The van der Waals surface area contributed by atoms with Crippen LogP contribution in [-0.4, -0.2) is 25.6 Å². The van der Waals surface area contributed by atoms with Gasteiger partial charge >= 0.3 is 0 Å². The third kappa shape index (κ3) is 1.92. The molecule has 0 aliphatic heterocycles. The van der Waals surface area contributed by atoms with E-state index in [9.17, 15) is 4.79 Å². The zero-order valence-corrected chi connectivity index (χ0v) is 12.1. The third-order valence-electron chi connectivity index (χ3n) is 3.14. The molecule has 0 atom stereocenters. The van der Waals surface area contributed by atoms with Crippen LogP contribution < -0.4 is 5.56 Å². The highest BCUT2D eigenvalue weighted by Gasteiger charge is 2.15. The Morgan fingerprint density at radius 2 is 2.00 bits per heavy atom. The molecule has 102 valence electrons. The quantitative estimate of drug-likeness (QED) is 0.548. The summed E-state index contributed by atoms with van der Waals surface area (Å²) in [6, 6.07) is 9.77. The Bertz CT molecular complexity index is 807. The minimum atomic E-state index is -0.0565. The predicted octanol–water partition coefficient (Wildman–Crippen LogP) is 2.32. The van der Waals surface area contributed by atoms with Gasteiger partial charge in [0.25, 0.3) is 5.56 Å². The van der Waals surface area contributed by atoms with E-state index in [0.29, 0.717) is 22.7 Å². The van der Waals surface area contributed by atoms with E-state index >= 15 is 0 Å². The van der Waals surface area contributed by atoms with E-state index in [1.165, 1.54) is 11.8 Å². The summed E-state index contributed by atoms with van der Waals surface area (Å²) in [5.41, 5.74) is 1.52. The molecule has 5 nitrogen and oxygen atoms in total. The molecule has 20 heavy (non-hydrogen) atoms. The van der Waals surface area contributed by atoms with Gasteiger partial charge in [-0.2, -0.15) is 0 Å². The van der Waals surface area contributed by atoms with Crippen molar-refractivity contribution in [1.29, 1.82) is 0 Å². The number of fused-ring (bicyclic) bond motifs is 1. The molecule has 2 heterocycles. The zero-order chi connectivity index (χ0) is 14.1. The number of hydrogen-bond acceptors (Lipinski definition) is 4. The molecule has 0 saturated heterocycles. The van der Waals surface area contributed by atoms with Gasteiger partial charge in [-0.25, -0.2) is 19.3 Å². The SMILES string of the molecule is CCn1c(=O)c2cnc(SC)nc2n1-c1ccccc1. The van der Waals surface area contributed by atoms with E-state index in [1.54, 1.807) is 10.9 Å². The topological polar surface area (TPSA) is 52.7 Å². The van der Waals surface area contributed by atoms with Gasteiger partial charge in [-0.3, -0.25) is 4.79 Å². The second kappa shape index (κ2) is 5.13. The Hall–Kier alpha value is -2.08. The van der Waals surface area contributed by atoms with Gasteiger partial charge in [0.15, 0.2) is 10.8 Å². The lowest BCUT2D eigenvalue weighted by Gasteiger charge is -2.10. The first-order chi connectivity index (χ1) is 9.76. The Morgan fingerprint density at radius 1 is 1.25 bits per heavy atom. The van der Waals surface area contributed by atoms with Crippen LogP contribution in [0.4, 0.5) is 0 Å². The monoisotopic (exact) mass is 286 g/mol. The maximum Gasteiger partial charge on any atom is 0.278 e. The van der Waals surface area contributed by atoms with Crippen molar-refractivity contribution in [3.05, 3.63) is 46.9 Å². The van der Waals surface area contributed by atoms with Crippen LogP contribution in [0.3, 0.4) is 0 Å². The maximum absolute atomic E-state index is 12.4. The summed E-state index contributed by atoms with van der Waals surface area (Å²) in [6.45, 7) is 2.53. The zero-order valence-electron chi connectivity index (χ0n) is 11.3. The van der Waals surface area contributed by atoms with Crippen LogP contribution in [0.5, 0.6) is 0 Å². The van der Waals surface area contributed by atoms with Crippen molar-refractivity contribution in [2.45, 2.75) is 18.6 Å². The first-order valence-corrected chi connectivity index (χ1v) is 7.56. The van der Waals surface area contributed by atoms with Gasteiger partial charge in [0.2, 0.25) is 0 Å². The number of nitrogens with zero attached hydrogens (tertiary/aromatic N) is 4. The third-order valence-corrected chi connectivity index (χ3v) is 3.70. The van der Waals surface area contributed by atoms with E-state index < -0.39 is 0 Å². The van der Waals surface area contributed by atoms with Gasteiger partial charge in [0, 0.05) is 12.7 Å². The Morgan fingerprint density at radius 3 is 2.65 bits per heavy atom. The molecule has 0 saturated carbocycles. The highest BCUT2D eigenvalue weighted by atomic mass is 32.2. The smallest absolute Gasteiger partial charge is 0.267 e. The lowest BCUT2D eigenvalue weighted by molar-refractivity contribution is 0.574. The number of aromatic nitrogens is 4. The summed E-state index contributed by atoms with van der Waals surface area (Å²) in [6.07, 6.45) is 3.53. The molecule has 6 heteroatoms. The molecule has 0 N–H and O–H groups in total. The average molecular weight is 286 g/mol. The van der Waals surface area contributed by atoms with Gasteiger partial charge in [0.05, 0.1) is 5.69 Å². The predicted molar refractivity (Wildman–Crippen MR) is 80.6 cm³/mol. The van der Waals surface area contributed by atoms with Crippen LogP contribution in [-0.2, 0) is 6.54 Å². The fourth-order valence-corrected chi connectivity index (χ4v) is 2.56. The van der Waals surface area contributed by atoms with Crippen LogP contribution >= 0.6 is 11.8 Å². The fraction of sp³-hybridized carbons (Fsp3) is 0.214. The highest BCUT2D eigenvalue weighted by Crippen LogP contribution is 2.17. The molecule has 0 bridgehead atoms. The molecule has 1 aromatic carbocycles. The lowest BCUT2D eigenvalue weighted by Crippen LogP contribution is -2.21. The van der Waals surface area contributed by atoms with Gasteiger partial charge < -0.3 is 0 Å². The number of para-hydroxylation sites is 1. The molecular formula is C14H14N4OS. The van der Waals surface area contributed by atoms with E-state index in [-0.39, 0.29) is 5.56 Å². The van der Waals surface area contributed by atoms with Crippen molar-refractivity contribution in [3.63, 3.8) is 0 Å². The van der Waals surface area contributed by atoms with Crippen molar-refractivity contribution >= 4 is 22.8 Å². The largest absolute Gasteiger partial charge is 0.278 e. The van der Waals surface area contributed by atoms with Crippen LogP contribution in [0.25, 0.3) is 16.7 Å². The molecule has 0 spiro atoms. The highest BCUT2D eigenvalue weighted by molar-refractivity contribution is 7.98. The summed E-state index contributed by atoms with van der Waals surface area (Å²) < 4.78 is 3.54. The molecule has 0 aliphatic rings. The summed E-state index contributed by atoms with van der Waals surface area (Å²) in [7, 11) is 0. The van der Waals surface area contributed by atoms with Crippen molar-refractivity contribution < 1.29 is 0 Å². The van der Waals surface area contributed by atoms with E-state index in [2.05, 4.69) is 9.97 Å². The number of hydrogen-bond donors (Lipinski definition) is 0. The molecule has 0 radical (unpaired) electrons. The van der Waals surface area contributed by atoms with E-state index in [4.69, 9.17) is 0 Å². The molecule has 0 fully saturated rings. The van der Waals surface area contributed by atoms with Crippen molar-refractivity contribution in [3.8, 4) is 5.69 Å². The molecule has 0 aliphatic carbocycles. The van der Waals surface area contributed by atoms with E-state index in [0.717, 1.165) is 5.69 Å². The average Bonchev–Trinajstić information content (AvgIpc) is 2.79. The minimum absolute atomic E-state index is 0.0565. The number of thioether (sulfide) groups is 1. The molecule has 0 unspecified atom stereocenters. The maximum atomic E-state index is 12.4. The van der Waals surface area contributed by atoms with Crippen molar-refractivity contribution in [2.75, 3.05) is 6.26 Å². The van der Waals surface area contributed by atoms with Gasteiger partial charge in [-0.05, 0) is 25.3 Å². The Kier molecular flexibility index (Phi) is 3.31. The van der Waals surface area contributed by atoms with Crippen LogP contribution in [0.2, 0.25) is 0 Å². The van der Waals surface area contributed by atoms with Crippen LogP contribution in [0.1, 0.15) is 6.92 Å². The standard InChI is InChI=1S/C14H14N4OS/c1-3-17-13(19)11-9-15-14(20-2)16-12(11)18(17)10-7-5-4-6-8-10/h4-9H,3H2,1-2H3. The second-order valence-electron chi connectivity index (χ2n) is 4.26. The van der Waals surface area contributed by atoms with Crippen LogP contribution in [0, 0.1) is 0 Å². The van der Waals surface area contributed by atoms with E-state index in [1.807, 2.05) is 48.2 Å². The Balaban J connectivity index is 2.41. The number of rotatable bonds is 3. The van der Waals surface area contributed by atoms with Crippen LogP contribution in [0.15, 0.2) is 46.5 Å². The molecule has 3 aromatic rings. The first kappa shape index (κ1) is 12.9. The fourth-order valence-electron chi connectivity index (χ4n) is 2.23. The molecule has 2 aromatic heterocycles. The first-order valence-electron chi connectivity index (χ1n) is 6.34. The van der Waals surface area contributed by atoms with Gasteiger partial charge in [-0.15, -0.1) is 0 Å². The summed E-state index contributed by atoms with van der Waals surface area (Å²) in [4.78, 5) is 21.1. The van der Waals surface area contributed by atoms with Crippen molar-refractivity contribution in [2.24, 2.45) is 0 Å². The summed E-state index contributed by atoms with van der Waals surface area (Å²) in [5, 5.41) is 1.21. The normalized spacial score (nSPS) is 11.1. The van der Waals surface area contributed by atoms with Gasteiger partial charge in [0.1, 0.15) is 5.39 Å². The molecule has 3 rings (SSSR count). The molecule has 0 amide bonds. The summed E-state index contributed by atoms with van der Waals surface area (Å²) in [5.74, 6) is 0. The van der Waals surface area contributed by atoms with Gasteiger partial charge in [-0.1, -0.05) is 30.0 Å². The molecular weight excluding hydrogens is 272 g/mol. The summed E-state index contributed by atoms with van der Waals surface area (Å²) >= 11 is 1.46. The number of benzene rings is 1.